The Balaban J connectivity index is 1.94. The van der Waals surface area contributed by atoms with Crippen molar-refractivity contribution in [1.29, 1.82) is 0 Å². The fraction of sp³-hybridized carbons (Fsp3) is 0.727. The number of hydrogen-bond acceptors (Lipinski definition) is 5. The van der Waals surface area contributed by atoms with Gasteiger partial charge in [0.05, 0.1) is 5.69 Å². The van der Waals surface area contributed by atoms with Gasteiger partial charge in [-0.3, -0.25) is 4.90 Å². The van der Waals surface area contributed by atoms with E-state index in [1.54, 1.807) is 0 Å². The molecule has 0 spiro atoms. The smallest absolute Gasteiger partial charge is 0.364 e. The van der Waals surface area contributed by atoms with E-state index in [1.165, 1.54) is 21.5 Å². The molecule has 0 amide bonds. The minimum Gasteiger partial charge on any atom is -0.364 e. The average Bonchev–Trinajstić information content (AvgIpc) is 2.89. The van der Waals surface area contributed by atoms with Gasteiger partial charge in [0.2, 0.25) is 10.0 Å². The Bertz CT molecular complexity index is 551. The van der Waals surface area contributed by atoms with E-state index in [-0.39, 0.29) is 37.6 Å². The third-order valence-corrected chi connectivity index (χ3v) is 5.32. The van der Waals surface area contributed by atoms with E-state index >= 15 is 0 Å². The molecule has 0 saturated carbocycles. The summed E-state index contributed by atoms with van der Waals surface area (Å²) in [7, 11) is -3.59. The first-order valence-electron chi connectivity index (χ1n) is 6.38. The van der Waals surface area contributed by atoms with Crippen LogP contribution in [0.2, 0.25) is 0 Å². The molecule has 0 unspecified atom stereocenters. The molecule has 0 aliphatic carbocycles. The first-order valence-corrected chi connectivity index (χ1v) is 7.99. The third-order valence-electron chi connectivity index (χ3n) is 3.51. The highest BCUT2D eigenvalue weighted by molar-refractivity contribution is 7.88. The van der Waals surface area contributed by atoms with Gasteiger partial charge in [0.25, 0.3) is 0 Å². The van der Waals surface area contributed by atoms with Gasteiger partial charge in [0.15, 0.2) is 0 Å². The van der Waals surface area contributed by atoms with E-state index in [0.717, 1.165) is 6.92 Å². The summed E-state index contributed by atoms with van der Waals surface area (Å²) in [5.41, 5.74) is 0.279. The van der Waals surface area contributed by atoms with E-state index in [4.69, 9.17) is 0 Å². The Morgan fingerprint density at radius 2 is 1.95 bits per heavy atom. The van der Waals surface area contributed by atoms with Gasteiger partial charge in [0.1, 0.15) is 18.1 Å². The second-order valence-electron chi connectivity index (χ2n) is 4.90. The highest BCUT2D eigenvalue weighted by atomic mass is 32.2. The predicted molar refractivity (Wildman–Crippen MR) is 67.8 cm³/mol. The summed E-state index contributed by atoms with van der Waals surface area (Å²) >= 11 is 0. The van der Waals surface area contributed by atoms with Crippen LogP contribution in [0.1, 0.15) is 12.6 Å². The number of piperazine rings is 1. The second kappa shape index (κ2) is 5.93. The fourth-order valence-electron chi connectivity index (χ4n) is 2.17. The van der Waals surface area contributed by atoms with Crippen molar-refractivity contribution in [1.82, 2.24) is 14.4 Å². The van der Waals surface area contributed by atoms with Gasteiger partial charge in [-0.15, -0.1) is 0 Å². The van der Waals surface area contributed by atoms with E-state index in [2.05, 4.69) is 9.68 Å². The van der Waals surface area contributed by atoms with Gasteiger partial charge in [-0.1, -0.05) is 5.16 Å². The number of rotatable bonds is 4. The van der Waals surface area contributed by atoms with Crippen LogP contribution in [0.5, 0.6) is 0 Å². The summed E-state index contributed by atoms with van der Waals surface area (Å²) in [6.45, 7) is 1.28. The Morgan fingerprint density at radius 1 is 1.33 bits per heavy atom. The average molecular weight is 327 g/mol. The quantitative estimate of drug-likeness (QED) is 0.828. The van der Waals surface area contributed by atoms with Gasteiger partial charge in [-0.2, -0.15) is 17.5 Å². The summed E-state index contributed by atoms with van der Waals surface area (Å²) in [5, 5.41) is 3.53. The van der Waals surface area contributed by atoms with Gasteiger partial charge in [0, 0.05) is 32.2 Å². The van der Waals surface area contributed by atoms with Gasteiger partial charge >= 0.3 is 6.18 Å². The minimum atomic E-state index is -4.30. The monoisotopic (exact) mass is 327 g/mol. The van der Waals surface area contributed by atoms with Crippen LogP contribution in [-0.2, 0) is 15.8 Å². The first kappa shape index (κ1) is 16.2. The molecule has 1 aliphatic rings. The molecule has 1 fully saturated rings. The molecule has 0 aromatic carbocycles. The van der Waals surface area contributed by atoms with Crippen LogP contribution in [0, 0.1) is 0 Å². The standard InChI is InChI=1S/C11H16F3N3O3S/c1-9(11(12,13)14)16-3-5-17(6-4-16)21(18,19)8-10-2-7-20-15-10/h2,7,9H,3-6,8H2,1H3/t9-/m1/s1. The zero-order valence-corrected chi connectivity index (χ0v) is 12.2. The molecule has 0 N–H and O–H groups in total. The van der Waals surface area contributed by atoms with Gasteiger partial charge in [-0.25, -0.2) is 8.42 Å². The normalized spacial score (nSPS) is 20.6. The molecule has 6 nitrogen and oxygen atoms in total. The van der Waals surface area contributed by atoms with Crippen molar-refractivity contribution in [3.63, 3.8) is 0 Å². The number of halogens is 3. The fourth-order valence-corrected chi connectivity index (χ4v) is 3.59. The second-order valence-corrected chi connectivity index (χ2v) is 6.87. The summed E-state index contributed by atoms with van der Waals surface area (Å²) in [6, 6.07) is -0.127. The molecule has 0 radical (unpaired) electrons. The molecular formula is C11H16F3N3O3S. The maximum Gasteiger partial charge on any atom is 0.403 e. The zero-order valence-electron chi connectivity index (χ0n) is 11.4. The summed E-state index contributed by atoms with van der Waals surface area (Å²) in [6.07, 6.45) is -3.03. The highest BCUT2D eigenvalue weighted by Crippen LogP contribution is 2.25. The molecule has 0 bridgehead atoms. The molecule has 120 valence electrons. The lowest BCUT2D eigenvalue weighted by Crippen LogP contribution is -2.54. The van der Waals surface area contributed by atoms with Crippen LogP contribution in [-0.4, -0.2) is 61.2 Å². The molecule has 1 atom stereocenters. The largest absolute Gasteiger partial charge is 0.403 e. The third kappa shape index (κ3) is 3.95. The lowest BCUT2D eigenvalue weighted by atomic mass is 10.2. The summed E-state index contributed by atoms with van der Waals surface area (Å²) in [5.74, 6) is -0.307. The highest BCUT2D eigenvalue weighted by Gasteiger charge is 2.41. The lowest BCUT2D eigenvalue weighted by molar-refractivity contribution is -0.181. The Labute approximate surface area is 120 Å². The molecular weight excluding hydrogens is 311 g/mol. The van der Waals surface area contributed by atoms with E-state index in [0.29, 0.717) is 0 Å². The van der Waals surface area contributed by atoms with E-state index < -0.39 is 22.2 Å². The van der Waals surface area contributed by atoms with Gasteiger partial charge < -0.3 is 4.52 Å². The molecule has 2 heterocycles. The number of hydrogen-bond donors (Lipinski definition) is 0. The molecule has 1 aromatic rings. The maximum absolute atomic E-state index is 12.6. The first-order chi connectivity index (χ1) is 9.70. The van der Waals surface area contributed by atoms with Crippen molar-refractivity contribution in [2.45, 2.75) is 24.9 Å². The maximum atomic E-state index is 12.6. The van der Waals surface area contributed by atoms with Crippen molar-refractivity contribution in [2.75, 3.05) is 26.2 Å². The molecule has 1 aliphatic heterocycles. The molecule has 1 aromatic heterocycles. The molecule has 10 heteroatoms. The lowest BCUT2D eigenvalue weighted by Gasteiger charge is -2.37. The summed E-state index contributed by atoms with van der Waals surface area (Å²) in [4.78, 5) is 1.24. The van der Waals surface area contributed by atoms with Gasteiger partial charge in [-0.05, 0) is 6.92 Å². The number of aromatic nitrogens is 1. The Hall–Kier alpha value is -1.13. The number of nitrogens with zero attached hydrogens (tertiary/aromatic N) is 3. The molecule has 21 heavy (non-hydrogen) atoms. The van der Waals surface area contributed by atoms with Crippen LogP contribution in [0.4, 0.5) is 13.2 Å². The minimum absolute atomic E-state index is 0.0423. The molecule has 2 rings (SSSR count). The predicted octanol–water partition coefficient (Wildman–Crippen LogP) is 1.07. The van der Waals surface area contributed by atoms with Crippen molar-refractivity contribution >= 4 is 10.0 Å². The van der Waals surface area contributed by atoms with Crippen molar-refractivity contribution < 1.29 is 26.1 Å². The number of sulfonamides is 1. The van der Waals surface area contributed by atoms with Crippen LogP contribution in [0.3, 0.4) is 0 Å². The number of alkyl halides is 3. The topological polar surface area (TPSA) is 66.7 Å². The van der Waals surface area contributed by atoms with E-state index in [9.17, 15) is 21.6 Å². The Kier molecular flexibility index (Phi) is 4.59. The van der Waals surface area contributed by atoms with E-state index in [1.807, 2.05) is 0 Å². The van der Waals surface area contributed by atoms with Crippen molar-refractivity contribution in [3.8, 4) is 0 Å². The Morgan fingerprint density at radius 3 is 2.43 bits per heavy atom. The van der Waals surface area contributed by atoms with Crippen LogP contribution in [0.15, 0.2) is 16.9 Å². The zero-order chi connectivity index (χ0) is 15.7. The summed E-state index contributed by atoms with van der Waals surface area (Å²) < 4.78 is 67.9. The van der Waals surface area contributed by atoms with Crippen molar-refractivity contribution in [3.05, 3.63) is 18.0 Å². The van der Waals surface area contributed by atoms with Crippen LogP contribution in [0.25, 0.3) is 0 Å². The van der Waals surface area contributed by atoms with Crippen molar-refractivity contribution in [2.24, 2.45) is 0 Å². The molecule has 1 saturated heterocycles. The van der Waals surface area contributed by atoms with Crippen LogP contribution < -0.4 is 0 Å². The SMILES string of the molecule is C[C@@H](N1CCN(S(=O)(=O)Cc2ccon2)CC1)C(F)(F)F. The van der Waals surface area contributed by atoms with Crippen LogP contribution >= 0.6 is 0 Å².